The number of amides is 1. The van der Waals surface area contributed by atoms with Crippen LogP contribution in [0.1, 0.15) is 24.1 Å². The predicted octanol–water partition coefficient (Wildman–Crippen LogP) is 5.46. The van der Waals surface area contributed by atoms with E-state index in [9.17, 15) is 4.79 Å². The second-order valence-electron chi connectivity index (χ2n) is 8.91. The number of carbonyl (C=O) groups is 1. The van der Waals surface area contributed by atoms with Crippen molar-refractivity contribution in [2.45, 2.75) is 19.6 Å². The van der Waals surface area contributed by atoms with Gasteiger partial charge in [0.15, 0.2) is 11.5 Å². The van der Waals surface area contributed by atoms with Gasteiger partial charge in [-0.2, -0.15) is 10.1 Å². The molecule has 0 saturated heterocycles. The lowest BCUT2D eigenvalue weighted by atomic mass is 9.94. The van der Waals surface area contributed by atoms with Crippen molar-refractivity contribution in [3.8, 4) is 23.0 Å². The van der Waals surface area contributed by atoms with Crippen LogP contribution in [-0.4, -0.2) is 42.0 Å². The Morgan fingerprint density at radius 3 is 2.52 bits per heavy atom. The molecule has 1 aromatic heterocycles. The van der Waals surface area contributed by atoms with Gasteiger partial charge < -0.3 is 29.6 Å². The van der Waals surface area contributed by atoms with Crippen LogP contribution in [0.4, 0.5) is 11.6 Å². The molecule has 0 spiro atoms. The van der Waals surface area contributed by atoms with Gasteiger partial charge in [0.25, 0.3) is 5.91 Å². The van der Waals surface area contributed by atoms with Crippen LogP contribution in [-0.2, 0) is 11.4 Å². The van der Waals surface area contributed by atoms with Crippen LogP contribution in [0.3, 0.4) is 0 Å². The summed E-state index contributed by atoms with van der Waals surface area (Å²) in [6.45, 7) is 2.09. The first-order valence-corrected chi connectivity index (χ1v) is 12.8. The molecule has 206 valence electrons. The Morgan fingerprint density at radius 1 is 1.00 bits per heavy atom. The number of aromatic nitrogens is 3. The van der Waals surface area contributed by atoms with Crippen molar-refractivity contribution in [3.05, 3.63) is 94.4 Å². The van der Waals surface area contributed by atoms with E-state index in [0.29, 0.717) is 50.9 Å². The average molecular weight is 562 g/mol. The zero-order chi connectivity index (χ0) is 28.2. The lowest BCUT2D eigenvalue weighted by molar-refractivity contribution is -0.113. The maximum atomic E-state index is 13.8. The molecule has 1 amide bonds. The highest BCUT2D eigenvalue weighted by atomic mass is 35.5. The van der Waals surface area contributed by atoms with Crippen molar-refractivity contribution >= 4 is 29.1 Å². The quantitative estimate of drug-likeness (QED) is 0.277. The number of ether oxygens (including phenoxy) is 4. The molecule has 2 heterocycles. The summed E-state index contributed by atoms with van der Waals surface area (Å²) in [6.07, 6.45) is 1.44. The van der Waals surface area contributed by atoms with Crippen molar-refractivity contribution in [1.29, 1.82) is 0 Å². The Kier molecular flexibility index (Phi) is 7.79. The third kappa shape index (κ3) is 5.26. The van der Waals surface area contributed by atoms with Crippen LogP contribution in [0.5, 0.6) is 23.0 Å². The smallest absolute Gasteiger partial charge is 0.255 e. The molecule has 5 rings (SSSR count). The second-order valence-corrected chi connectivity index (χ2v) is 9.31. The van der Waals surface area contributed by atoms with Gasteiger partial charge in [0, 0.05) is 22.3 Å². The van der Waals surface area contributed by atoms with Crippen molar-refractivity contribution < 1.29 is 23.7 Å². The minimum absolute atomic E-state index is 0.269. The van der Waals surface area contributed by atoms with Gasteiger partial charge >= 0.3 is 0 Å². The molecule has 11 heteroatoms. The molecule has 1 aliphatic heterocycles. The number of hydrogen-bond acceptors (Lipinski definition) is 8. The summed E-state index contributed by atoms with van der Waals surface area (Å²) in [7, 11) is 4.66. The average Bonchev–Trinajstić information content (AvgIpc) is 3.44. The normalized spacial score (nSPS) is 14.2. The number of methoxy groups -OCH3 is 3. The third-order valence-electron chi connectivity index (χ3n) is 6.54. The topological polar surface area (TPSA) is 109 Å². The monoisotopic (exact) mass is 561 g/mol. The molecule has 3 aromatic carbocycles. The Bertz CT molecular complexity index is 1580. The summed E-state index contributed by atoms with van der Waals surface area (Å²) in [4.78, 5) is 18.2. The summed E-state index contributed by atoms with van der Waals surface area (Å²) < 4.78 is 24.2. The highest BCUT2D eigenvalue weighted by Crippen LogP contribution is 2.40. The first-order chi connectivity index (χ1) is 19.4. The third-order valence-corrected chi connectivity index (χ3v) is 6.91. The van der Waals surface area contributed by atoms with Gasteiger partial charge in [-0.25, -0.2) is 4.68 Å². The molecule has 4 aromatic rings. The van der Waals surface area contributed by atoms with E-state index < -0.39 is 6.04 Å². The molecule has 0 fully saturated rings. The van der Waals surface area contributed by atoms with Gasteiger partial charge in [0.1, 0.15) is 30.5 Å². The van der Waals surface area contributed by atoms with E-state index in [1.807, 2.05) is 43.3 Å². The molecule has 0 bridgehead atoms. The molecule has 1 unspecified atom stereocenters. The Morgan fingerprint density at radius 2 is 1.77 bits per heavy atom. The van der Waals surface area contributed by atoms with Crippen LogP contribution in [0.25, 0.3) is 0 Å². The van der Waals surface area contributed by atoms with E-state index in [4.69, 9.17) is 30.5 Å². The number of anilines is 2. The number of nitrogens with zero attached hydrogens (tertiary/aromatic N) is 3. The maximum absolute atomic E-state index is 13.8. The first kappa shape index (κ1) is 26.9. The largest absolute Gasteiger partial charge is 0.497 e. The maximum Gasteiger partial charge on any atom is 0.255 e. The number of hydrogen-bond donors (Lipinski definition) is 2. The molecular weight excluding hydrogens is 534 g/mol. The first-order valence-electron chi connectivity index (χ1n) is 12.4. The van der Waals surface area contributed by atoms with Crippen molar-refractivity contribution in [2.75, 3.05) is 32.0 Å². The Labute approximate surface area is 236 Å². The molecule has 10 nitrogen and oxygen atoms in total. The molecule has 40 heavy (non-hydrogen) atoms. The molecule has 0 aliphatic carbocycles. The lowest BCUT2D eigenvalue weighted by Gasteiger charge is -2.29. The van der Waals surface area contributed by atoms with Crippen LogP contribution in [0, 0.1) is 0 Å². The van der Waals surface area contributed by atoms with E-state index in [1.165, 1.54) is 13.4 Å². The van der Waals surface area contributed by atoms with Gasteiger partial charge in [-0.15, -0.1) is 0 Å². The number of allylic oxidation sites excluding steroid dienone is 1. The lowest BCUT2D eigenvalue weighted by Crippen LogP contribution is -2.31. The zero-order valence-electron chi connectivity index (χ0n) is 22.4. The zero-order valence-corrected chi connectivity index (χ0v) is 23.2. The minimum Gasteiger partial charge on any atom is -0.497 e. The van der Waals surface area contributed by atoms with Gasteiger partial charge in [-0.3, -0.25) is 4.79 Å². The number of rotatable bonds is 9. The second kappa shape index (κ2) is 11.6. The highest BCUT2D eigenvalue weighted by Gasteiger charge is 2.34. The van der Waals surface area contributed by atoms with Gasteiger partial charge in [-0.05, 0) is 42.8 Å². The Hall–Kier alpha value is -4.70. The summed E-state index contributed by atoms with van der Waals surface area (Å²) in [5.74, 6) is 2.27. The van der Waals surface area contributed by atoms with E-state index in [-0.39, 0.29) is 12.5 Å². The molecule has 2 N–H and O–H groups in total. The van der Waals surface area contributed by atoms with Crippen LogP contribution >= 0.6 is 11.6 Å². The van der Waals surface area contributed by atoms with Gasteiger partial charge in [0.05, 0.1) is 32.6 Å². The van der Waals surface area contributed by atoms with E-state index in [2.05, 4.69) is 20.7 Å². The number of nitrogens with one attached hydrogen (secondary N) is 2. The van der Waals surface area contributed by atoms with E-state index in [1.54, 1.807) is 43.2 Å². The van der Waals surface area contributed by atoms with Gasteiger partial charge in [0.2, 0.25) is 5.95 Å². The minimum atomic E-state index is -0.609. The Balaban J connectivity index is 1.49. The molecular formula is C29H28ClN5O5. The standard InChI is InChI=1S/C29H28ClN5O5/c1-17-26(28(36)34-22-14-20(37-2)10-12-23(22)38-3)27(35-29(33-17)31-16-32-35)18-9-11-24(25(13-18)39-4)40-15-19-7-5-6-8-21(19)30/h5-14,16,27H,15H2,1-4H3,(H,34,36)(H,31,32,33). The molecule has 0 radical (unpaired) electrons. The van der Waals surface area contributed by atoms with E-state index >= 15 is 0 Å². The van der Waals surface area contributed by atoms with Crippen LogP contribution < -0.4 is 29.6 Å². The molecule has 1 aliphatic rings. The predicted molar refractivity (Wildman–Crippen MR) is 151 cm³/mol. The highest BCUT2D eigenvalue weighted by molar-refractivity contribution is 6.31. The summed E-state index contributed by atoms with van der Waals surface area (Å²) in [6, 6.07) is 17.6. The molecule has 0 saturated carbocycles. The summed E-state index contributed by atoms with van der Waals surface area (Å²) >= 11 is 6.29. The number of benzene rings is 3. The van der Waals surface area contributed by atoms with Crippen LogP contribution in [0.2, 0.25) is 5.02 Å². The SMILES string of the molecule is COc1ccc(OC)c(NC(=O)C2=C(C)Nc3ncnn3C2c2ccc(OCc3ccccc3Cl)c(OC)c2)c1. The van der Waals surface area contributed by atoms with Crippen molar-refractivity contribution in [1.82, 2.24) is 14.8 Å². The fraction of sp³-hybridized carbons (Fsp3) is 0.207. The number of carbonyl (C=O) groups excluding carboxylic acids is 1. The summed E-state index contributed by atoms with van der Waals surface area (Å²) in [5.41, 5.74) is 3.14. The van der Waals surface area contributed by atoms with E-state index in [0.717, 1.165) is 11.1 Å². The fourth-order valence-electron chi connectivity index (χ4n) is 4.54. The van der Waals surface area contributed by atoms with Crippen molar-refractivity contribution in [2.24, 2.45) is 0 Å². The van der Waals surface area contributed by atoms with Crippen molar-refractivity contribution in [3.63, 3.8) is 0 Å². The number of fused-ring (bicyclic) bond motifs is 1. The number of halogens is 1. The summed E-state index contributed by atoms with van der Waals surface area (Å²) in [5, 5.41) is 11.2. The van der Waals surface area contributed by atoms with Gasteiger partial charge in [-0.1, -0.05) is 35.9 Å². The van der Waals surface area contributed by atoms with Crippen LogP contribution in [0.15, 0.2) is 78.3 Å². The fourth-order valence-corrected chi connectivity index (χ4v) is 4.73. The molecule has 1 atom stereocenters.